The molecule has 7 nitrogen and oxygen atoms in total. The van der Waals surface area contributed by atoms with Crippen LogP contribution in [-0.4, -0.2) is 28.5 Å². The zero-order valence-corrected chi connectivity index (χ0v) is 22.5. The van der Waals surface area contributed by atoms with Gasteiger partial charge in [0.1, 0.15) is 13.7 Å². The minimum Gasteiger partial charge on any atom is -0.366 e. The summed E-state index contributed by atoms with van der Waals surface area (Å²) in [5.74, 6) is 0.791. The summed E-state index contributed by atoms with van der Waals surface area (Å²) in [4.78, 5) is 17.5. The number of carbonyl (C=O) groups is 1. The van der Waals surface area contributed by atoms with Crippen molar-refractivity contribution in [1.29, 1.82) is 0 Å². The molecular weight excluding hydrogens is 495 g/mol. The number of aryl methyl sites for hydroxylation is 3. The van der Waals surface area contributed by atoms with Crippen molar-refractivity contribution in [3.63, 3.8) is 0 Å². The van der Waals surface area contributed by atoms with Gasteiger partial charge in [0, 0.05) is 40.8 Å². The molecule has 0 bridgehead atoms. The first-order valence-electron chi connectivity index (χ1n) is 12.4. The maximum Gasteiger partial charge on any atom is 0.323 e. The lowest BCUT2D eigenvalue weighted by Crippen LogP contribution is -2.20. The molecule has 0 unspecified atom stereocenters. The van der Waals surface area contributed by atoms with Crippen LogP contribution in [0.5, 0.6) is 0 Å². The molecule has 3 aromatic carbocycles. The largest absolute Gasteiger partial charge is 0.366 e. The third-order valence-corrected chi connectivity index (χ3v) is 6.70. The van der Waals surface area contributed by atoms with Crippen LogP contribution in [0.25, 0.3) is 16.9 Å². The van der Waals surface area contributed by atoms with Crippen molar-refractivity contribution in [2.24, 2.45) is 0 Å². The summed E-state index contributed by atoms with van der Waals surface area (Å²) in [6.07, 6.45) is 1.80. The van der Waals surface area contributed by atoms with E-state index in [2.05, 4.69) is 33.2 Å². The quantitative estimate of drug-likeness (QED) is 0.258. The summed E-state index contributed by atoms with van der Waals surface area (Å²) in [6.45, 7) is 6.56. The number of nitrogens with one attached hydrogen (secondary N) is 3. The number of nitrogens with zero attached hydrogens (tertiary/aromatic N) is 3. The van der Waals surface area contributed by atoms with Gasteiger partial charge in [-0.15, -0.1) is 0 Å². The summed E-state index contributed by atoms with van der Waals surface area (Å²) < 4.78 is 1.79. The van der Waals surface area contributed by atoms with E-state index in [9.17, 15) is 4.79 Å². The van der Waals surface area contributed by atoms with Crippen LogP contribution in [0.2, 0.25) is 5.02 Å². The molecule has 0 radical (unpaired) electrons. The number of rotatable bonds is 6. The number of carbonyl (C=O) groups excluding carboxylic acids is 1. The average Bonchev–Trinajstić information content (AvgIpc) is 3.26. The van der Waals surface area contributed by atoms with Crippen LogP contribution < -0.4 is 21.4 Å². The molecule has 38 heavy (non-hydrogen) atoms. The number of aromatic nitrogens is 3. The summed E-state index contributed by atoms with van der Waals surface area (Å²) in [5.41, 5.74) is 9.12. The van der Waals surface area contributed by atoms with Crippen LogP contribution in [0.3, 0.4) is 0 Å². The van der Waals surface area contributed by atoms with Gasteiger partial charge in [-0.1, -0.05) is 59.6 Å². The smallest absolute Gasteiger partial charge is 0.323 e. The second-order valence-corrected chi connectivity index (χ2v) is 9.88. The zero-order chi connectivity index (χ0) is 26.8. The van der Waals surface area contributed by atoms with Gasteiger partial charge in [-0.25, -0.2) is 9.78 Å². The summed E-state index contributed by atoms with van der Waals surface area (Å²) in [5, 5.41) is 14.5. The van der Waals surface area contributed by atoms with E-state index in [0.29, 0.717) is 17.3 Å². The lowest BCUT2D eigenvalue weighted by molar-refractivity contribution is 0.262. The van der Waals surface area contributed by atoms with E-state index in [1.807, 2.05) is 83.2 Å². The standard InChI is InChI=1S/C29H28BClN6O/c1-17-11-18(2)27(19(3)12-17)36-29(38)34-21-8-6-7-20(13-21)15-32-26-14-25(22-9-4-5-10-24(22)31)35-28-23(30)16-33-37(26)28/h4-14,16,32H,15,30H2,1-3H3,(H2,34,36,38). The van der Waals surface area contributed by atoms with Gasteiger partial charge in [0.2, 0.25) is 0 Å². The van der Waals surface area contributed by atoms with Crippen molar-refractivity contribution in [1.82, 2.24) is 14.6 Å². The van der Waals surface area contributed by atoms with Crippen molar-refractivity contribution in [3.05, 3.63) is 100 Å². The molecule has 0 aliphatic carbocycles. The van der Waals surface area contributed by atoms with E-state index in [0.717, 1.165) is 50.6 Å². The Bertz CT molecular complexity index is 1640. The van der Waals surface area contributed by atoms with Crippen molar-refractivity contribution in [2.75, 3.05) is 16.0 Å². The highest BCUT2D eigenvalue weighted by Crippen LogP contribution is 2.28. The third kappa shape index (κ3) is 5.36. The molecule has 9 heteroatoms. The molecule has 2 heterocycles. The van der Waals surface area contributed by atoms with Crippen LogP contribution in [0.4, 0.5) is 22.0 Å². The highest BCUT2D eigenvalue weighted by molar-refractivity contribution is 6.36. The molecule has 5 aromatic rings. The molecule has 190 valence electrons. The second-order valence-electron chi connectivity index (χ2n) is 9.48. The van der Waals surface area contributed by atoms with Gasteiger partial charge in [-0.3, -0.25) is 0 Å². The number of anilines is 3. The maximum atomic E-state index is 12.7. The van der Waals surface area contributed by atoms with Gasteiger partial charge in [0.05, 0.1) is 5.69 Å². The molecule has 2 aromatic heterocycles. The SMILES string of the molecule is Bc1cnn2c(NCc3cccc(NC(=O)Nc4c(C)cc(C)cc4C)c3)cc(-c3ccccc3Cl)nc12. The van der Waals surface area contributed by atoms with E-state index in [4.69, 9.17) is 16.6 Å². The van der Waals surface area contributed by atoms with Gasteiger partial charge >= 0.3 is 6.03 Å². The lowest BCUT2D eigenvalue weighted by atomic mass is 10.0. The number of amides is 2. The fourth-order valence-electron chi connectivity index (χ4n) is 4.61. The number of hydrogen-bond acceptors (Lipinski definition) is 4. The van der Waals surface area contributed by atoms with Gasteiger partial charge in [0.25, 0.3) is 0 Å². The van der Waals surface area contributed by atoms with E-state index in [-0.39, 0.29) is 6.03 Å². The molecule has 5 rings (SSSR count). The van der Waals surface area contributed by atoms with Crippen LogP contribution in [0.15, 0.2) is 72.9 Å². The molecule has 0 aliphatic rings. The molecule has 0 saturated heterocycles. The van der Waals surface area contributed by atoms with Crippen LogP contribution in [0, 0.1) is 20.8 Å². The summed E-state index contributed by atoms with van der Waals surface area (Å²) >= 11 is 6.46. The first kappa shape index (κ1) is 25.4. The predicted octanol–water partition coefficient (Wildman–Crippen LogP) is 5.49. The molecular formula is C29H28BClN6O. The first-order valence-corrected chi connectivity index (χ1v) is 12.8. The topological polar surface area (TPSA) is 83.3 Å². The van der Waals surface area contributed by atoms with Gasteiger partial charge in [0.15, 0.2) is 5.65 Å². The van der Waals surface area contributed by atoms with Crippen LogP contribution in [0.1, 0.15) is 22.3 Å². The van der Waals surface area contributed by atoms with Crippen LogP contribution in [-0.2, 0) is 6.54 Å². The molecule has 0 saturated carbocycles. The Morgan fingerprint density at radius 3 is 2.50 bits per heavy atom. The lowest BCUT2D eigenvalue weighted by Gasteiger charge is -2.14. The average molecular weight is 523 g/mol. The highest BCUT2D eigenvalue weighted by atomic mass is 35.5. The van der Waals surface area contributed by atoms with Gasteiger partial charge in [-0.2, -0.15) is 9.61 Å². The Kier molecular flexibility index (Phi) is 7.07. The number of halogens is 1. The minimum absolute atomic E-state index is 0.280. The molecule has 0 spiro atoms. The maximum absolute atomic E-state index is 12.7. The van der Waals surface area contributed by atoms with E-state index in [1.54, 1.807) is 10.7 Å². The monoisotopic (exact) mass is 522 g/mol. The van der Waals surface area contributed by atoms with Crippen molar-refractivity contribution >= 4 is 53.8 Å². The van der Waals surface area contributed by atoms with E-state index >= 15 is 0 Å². The minimum atomic E-state index is -0.280. The Morgan fingerprint density at radius 2 is 1.74 bits per heavy atom. The highest BCUT2D eigenvalue weighted by Gasteiger charge is 2.13. The Morgan fingerprint density at radius 1 is 0.974 bits per heavy atom. The number of urea groups is 1. The first-order chi connectivity index (χ1) is 18.3. The Labute approximate surface area is 227 Å². The van der Waals surface area contributed by atoms with E-state index in [1.165, 1.54) is 5.56 Å². The third-order valence-electron chi connectivity index (χ3n) is 6.37. The van der Waals surface area contributed by atoms with Gasteiger partial charge in [-0.05, 0) is 61.1 Å². The summed E-state index contributed by atoms with van der Waals surface area (Å²) in [7, 11) is 1.98. The Hall–Kier alpha value is -4.30. The normalized spacial score (nSPS) is 10.9. The summed E-state index contributed by atoms with van der Waals surface area (Å²) in [6, 6.07) is 21.2. The molecule has 0 atom stereocenters. The second kappa shape index (κ2) is 10.6. The fourth-order valence-corrected chi connectivity index (χ4v) is 4.84. The van der Waals surface area contributed by atoms with Crippen molar-refractivity contribution in [3.8, 4) is 11.3 Å². The fraction of sp³-hybridized carbons (Fsp3) is 0.138. The number of hydrogen-bond donors (Lipinski definition) is 3. The van der Waals surface area contributed by atoms with Crippen molar-refractivity contribution < 1.29 is 4.79 Å². The van der Waals surface area contributed by atoms with Gasteiger partial charge < -0.3 is 16.0 Å². The molecule has 0 fully saturated rings. The van der Waals surface area contributed by atoms with Crippen LogP contribution >= 0.6 is 11.6 Å². The molecule has 0 aliphatic heterocycles. The molecule has 3 N–H and O–H groups in total. The molecule has 2 amide bonds. The Balaban J connectivity index is 1.34. The predicted molar refractivity (Wildman–Crippen MR) is 159 cm³/mol. The number of benzene rings is 3. The number of fused-ring (bicyclic) bond motifs is 1. The van der Waals surface area contributed by atoms with Crippen molar-refractivity contribution in [2.45, 2.75) is 27.3 Å². The van der Waals surface area contributed by atoms with E-state index < -0.39 is 0 Å². The zero-order valence-electron chi connectivity index (χ0n) is 21.8.